The van der Waals surface area contributed by atoms with Crippen LogP contribution < -0.4 is 0 Å². The third-order valence-corrected chi connectivity index (χ3v) is 21.6. The fraction of sp³-hybridized carbons (Fsp3) is 0.619. The van der Waals surface area contributed by atoms with Gasteiger partial charge in [0.1, 0.15) is 0 Å². The fourth-order valence-electron chi connectivity index (χ4n) is 3.71. The second-order valence-electron chi connectivity index (χ2n) is 6.87. The van der Waals surface area contributed by atoms with Gasteiger partial charge in [-0.05, 0) is 0 Å². The summed E-state index contributed by atoms with van der Waals surface area (Å²) in [5.41, 5.74) is 1.35. The zero-order chi connectivity index (χ0) is 17.8. The van der Waals surface area contributed by atoms with Crippen molar-refractivity contribution in [2.24, 2.45) is 0 Å². The van der Waals surface area contributed by atoms with Gasteiger partial charge >= 0.3 is 163 Å². The molecule has 1 N–H and O–H groups in total. The van der Waals surface area contributed by atoms with E-state index >= 15 is 0 Å². The van der Waals surface area contributed by atoms with Gasteiger partial charge in [0.2, 0.25) is 0 Å². The van der Waals surface area contributed by atoms with E-state index in [0.717, 1.165) is 0 Å². The predicted octanol–water partition coefficient (Wildman–Crippen LogP) is 7.21. The molecule has 0 radical (unpaired) electrons. The van der Waals surface area contributed by atoms with Crippen LogP contribution in [0.2, 0.25) is 13.3 Å². The Morgan fingerprint density at radius 3 is 1.88 bits per heavy atom. The van der Waals surface area contributed by atoms with Crippen LogP contribution in [0.25, 0.3) is 3.59 Å². The summed E-state index contributed by atoms with van der Waals surface area (Å²) in [6.45, 7) is 7.10. The first-order valence-electron chi connectivity index (χ1n) is 9.71. The van der Waals surface area contributed by atoms with Crippen molar-refractivity contribution in [2.75, 3.05) is 6.61 Å². The average Bonchev–Trinajstić information content (AvgIpc) is 2.60. The molecular formula is C21H35BrOSn. The third-order valence-electron chi connectivity index (χ3n) is 5.06. The van der Waals surface area contributed by atoms with Gasteiger partial charge in [-0.2, -0.15) is 0 Å². The molecule has 0 spiro atoms. The number of hydrogen-bond acceptors (Lipinski definition) is 1. The van der Waals surface area contributed by atoms with Gasteiger partial charge < -0.3 is 0 Å². The minimum atomic E-state index is -2.53. The molecule has 0 heterocycles. The van der Waals surface area contributed by atoms with Crippen molar-refractivity contribution in [3.8, 4) is 0 Å². The Balaban J connectivity index is 3.36. The molecule has 136 valence electrons. The first kappa shape index (κ1) is 22.2. The van der Waals surface area contributed by atoms with Crippen LogP contribution in [0.3, 0.4) is 0 Å². The molecule has 0 bridgehead atoms. The van der Waals surface area contributed by atoms with Gasteiger partial charge in [-0.15, -0.1) is 0 Å². The Morgan fingerprint density at radius 1 is 0.958 bits per heavy atom. The second-order valence-corrected chi connectivity index (χ2v) is 20.9. The van der Waals surface area contributed by atoms with E-state index in [0.29, 0.717) is 0 Å². The summed E-state index contributed by atoms with van der Waals surface area (Å²) < 4.78 is 7.04. The van der Waals surface area contributed by atoms with Crippen LogP contribution in [-0.4, -0.2) is 30.1 Å². The molecule has 0 aliphatic heterocycles. The van der Waals surface area contributed by atoms with Gasteiger partial charge in [0, 0.05) is 0 Å². The van der Waals surface area contributed by atoms with Crippen molar-refractivity contribution in [1.29, 1.82) is 0 Å². The van der Waals surface area contributed by atoms with Crippen LogP contribution in [0.4, 0.5) is 0 Å². The van der Waals surface area contributed by atoms with Gasteiger partial charge in [0.15, 0.2) is 0 Å². The minimum absolute atomic E-state index is 0.166. The Kier molecular flexibility index (Phi) is 11.6. The molecule has 1 aromatic carbocycles. The summed E-state index contributed by atoms with van der Waals surface area (Å²) in [6.07, 6.45) is 10.0. The van der Waals surface area contributed by atoms with Gasteiger partial charge in [-0.25, -0.2) is 0 Å². The number of aliphatic hydroxyl groups excluding tert-OH is 1. The van der Waals surface area contributed by atoms with Crippen molar-refractivity contribution >= 4 is 37.9 Å². The number of unbranched alkanes of at least 4 members (excludes halogenated alkanes) is 3. The van der Waals surface area contributed by atoms with Gasteiger partial charge in [-0.1, -0.05) is 0 Å². The average molecular weight is 502 g/mol. The summed E-state index contributed by atoms with van der Waals surface area (Å²) in [5, 5.41) is 9.77. The first-order chi connectivity index (χ1) is 11.6. The van der Waals surface area contributed by atoms with Crippen molar-refractivity contribution in [2.45, 2.75) is 72.6 Å². The third kappa shape index (κ3) is 6.49. The summed E-state index contributed by atoms with van der Waals surface area (Å²) in [7, 11) is 0. The Morgan fingerprint density at radius 2 is 1.46 bits per heavy atom. The number of benzene rings is 1. The SMILES string of the molecule is CCC[CH2][Sn]([CH2]CCC)([CH2]CCC)/[C](=C/CO)c1ccccc1Br. The summed E-state index contributed by atoms with van der Waals surface area (Å²) in [6, 6.07) is 8.63. The quantitative estimate of drug-likeness (QED) is 0.300. The van der Waals surface area contributed by atoms with Crippen molar-refractivity contribution < 1.29 is 5.11 Å². The van der Waals surface area contributed by atoms with E-state index in [1.165, 1.54) is 61.9 Å². The molecule has 0 unspecified atom stereocenters. The number of aliphatic hydroxyl groups is 1. The van der Waals surface area contributed by atoms with E-state index in [1.807, 2.05) is 0 Å². The van der Waals surface area contributed by atoms with Crippen LogP contribution in [0.15, 0.2) is 34.8 Å². The molecule has 0 aliphatic carbocycles. The molecular weight excluding hydrogens is 467 g/mol. The van der Waals surface area contributed by atoms with Crippen molar-refractivity contribution in [3.05, 3.63) is 40.4 Å². The number of halogens is 1. The summed E-state index contributed by atoms with van der Waals surface area (Å²) in [4.78, 5) is 0. The van der Waals surface area contributed by atoms with Gasteiger partial charge in [0.25, 0.3) is 0 Å². The van der Waals surface area contributed by atoms with E-state index in [1.54, 1.807) is 3.59 Å². The summed E-state index contributed by atoms with van der Waals surface area (Å²) >= 11 is 1.24. The van der Waals surface area contributed by atoms with E-state index in [9.17, 15) is 5.11 Å². The van der Waals surface area contributed by atoms with Crippen LogP contribution in [0, 0.1) is 0 Å². The molecule has 24 heavy (non-hydrogen) atoms. The standard InChI is InChI=1S/C9H8BrO.3C4H9.Sn/c10-9-6-2-1-4-8(9)5-3-7-11;3*1-3-4-2;/h1-4,6,11H,7H2;3*1,3-4H2,2H3;. The molecule has 3 heteroatoms. The zero-order valence-electron chi connectivity index (χ0n) is 15.8. The molecule has 1 nitrogen and oxygen atoms in total. The molecule has 1 aromatic rings. The topological polar surface area (TPSA) is 20.2 Å². The fourth-order valence-corrected chi connectivity index (χ4v) is 21.7. The zero-order valence-corrected chi connectivity index (χ0v) is 20.2. The number of rotatable bonds is 12. The van der Waals surface area contributed by atoms with Crippen LogP contribution in [0.1, 0.15) is 64.9 Å². The maximum atomic E-state index is 9.77. The summed E-state index contributed by atoms with van der Waals surface area (Å²) in [5.74, 6) is 0. The Labute approximate surface area is 161 Å². The predicted molar refractivity (Wildman–Crippen MR) is 114 cm³/mol. The molecule has 0 aliphatic rings. The van der Waals surface area contributed by atoms with E-state index in [4.69, 9.17) is 0 Å². The molecule has 0 saturated heterocycles. The second kappa shape index (κ2) is 12.5. The van der Waals surface area contributed by atoms with Crippen LogP contribution >= 0.6 is 15.9 Å². The van der Waals surface area contributed by atoms with Crippen LogP contribution in [0.5, 0.6) is 0 Å². The molecule has 0 atom stereocenters. The van der Waals surface area contributed by atoms with Crippen molar-refractivity contribution in [1.82, 2.24) is 0 Å². The maximum absolute atomic E-state index is 9.77. The van der Waals surface area contributed by atoms with Crippen molar-refractivity contribution in [3.63, 3.8) is 0 Å². The molecule has 1 rings (SSSR count). The Hall–Kier alpha value is 0.199. The normalized spacial score (nSPS) is 12.6. The molecule has 0 saturated carbocycles. The van der Waals surface area contributed by atoms with E-state index in [-0.39, 0.29) is 6.61 Å². The van der Waals surface area contributed by atoms with E-state index in [2.05, 4.69) is 67.0 Å². The van der Waals surface area contributed by atoms with E-state index < -0.39 is 18.4 Å². The first-order valence-corrected chi connectivity index (χ1v) is 18.0. The molecule has 0 aromatic heterocycles. The molecule has 0 amide bonds. The van der Waals surface area contributed by atoms with Gasteiger partial charge in [-0.3, -0.25) is 0 Å². The van der Waals surface area contributed by atoms with Crippen LogP contribution in [-0.2, 0) is 0 Å². The molecule has 0 fully saturated rings. The Bertz CT molecular complexity index is 477. The number of hydrogen-bond donors (Lipinski definition) is 1. The van der Waals surface area contributed by atoms with Gasteiger partial charge in [0.05, 0.1) is 0 Å². The monoisotopic (exact) mass is 502 g/mol.